The standard InChI is InChI=1S/C18H20ClN3O3S/c1-10(2)20-18-22-13(9-26-18)12-8-14(23)11-4-5-15(25-7-6-24-3)16(19)17(11)21-12/h4-5,8-10H,6-7H2,1-3H3,(H,20,22)(H,21,23). The molecular formula is C18H20ClN3O3S. The topological polar surface area (TPSA) is 76.5 Å². The maximum atomic E-state index is 10.4. The van der Waals surface area contributed by atoms with Crippen LogP contribution in [0.1, 0.15) is 13.8 Å². The molecule has 0 fully saturated rings. The number of hydrogen-bond acceptors (Lipinski definition) is 7. The van der Waals surface area contributed by atoms with Gasteiger partial charge in [-0.05, 0) is 26.0 Å². The third-order valence-electron chi connectivity index (χ3n) is 3.59. The molecule has 3 aromatic rings. The maximum Gasteiger partial charge on any atom is 0.183 e. The predicted octanol–water partition coefficient (Wildman–Crippen LogP) is 4.56. The van der Waals surface area contributed by atoms with Crippen molar-refractivity contribution in [1.29, 1.82) is 0 Å². The number of fused-ring (bicyclic) bond motifs is 1. The quantitative estimate of drug-likeness (QED) is 0.573. The zero-order chi connectivity index (χ0) is 18.7. The molecule has 6 nitrogen and oxygen atoms in total. The van der Waals surface area contributed by atoms with Gasteiger partial charge in [-0.25, -0.2) is 9.97 Å². The summed E-state index contributed by atoms with van der Waals surface area (Å²) in [7, 11) is 1.60. The third kappa shape index (κ3) is 4.00. The van der Waals surface area contributed by atoms with E-state index in [9.17, 15) is 5.11 Å². The normalized spacial score (nSPS) is 11.3. The minimum Gasteiger partial charge on any atom is -0.507 e. The zero-order valence-corrected chi connectivity index (χ0v) is 16.3. The minimum absolute atomic E-state index is 0.0988. The lowest BCUT2D eigenvalue weighted by molar-refractivity contribution is 0.146. The molecule has 0 saturated heterocycles. The van der Waals surface area contributed by atoms with Crippen LogP contribution < -0.4 is 10.1 Å². The van der Waals surface area contributed by atoms with Crippen LogP contribution in [0.15, 0.2) is 23.6 Å². The van der Waals surface area contributed by atoms with E-state index < -0.39 is 0 Å². The summed E-state index contributed by atoms with van der Waals surface area (Å²) in [6.07, 6.45) is 0. The van der Waals surface area contributed by atoms with Crippen LogP contribution >= 0.6 is 22.9 Å². The van der Waals surface area contributed by atoms with E-state index in [2.05, 4.69) is 15.3 Å². The molecule has 1 aromatic carbocycles. The average molecular weight is 394 g/mol. The molecule has 0 aliphatic carbocycles. The molecule has 2 heterocycles. The number of thiazole rings is 1. The predicted molar refractivity (Wildman–Crippen MR) is 106 cm³/mol. The van der Waals surface area contributed by atoms with E-state index in [1.807, 2.05) is 19.2 Å². The van der Waals surface area contributed by atoms with E-state index in [4.69, 9.17) is 21.1 Å². The molecule has 0 bridgehead atoms. The number of nitrogens with one attached hydrogen (secondary N) is 1. The highest BCUT2D eigenvalue weighted by Crippen LogP contribution is 2.38. The van der Waals surface area contributed by atoms with Gasteiger partial charge in [0, 0.05) is 30.0 Å². The third-order valence-corrected chi connectivity index (χ3v) is 4.72. The van der Waals surface area contributed by atoms with Crippen molar-refractivity contribution in [2.45, 2.75) is 19.9 Å². The average Bonchev–Trinajstić information content (AvgIpc) is 3.05. The Labute approximate surface area is 160 Å². The van der Waals surface area contributed by atoms with Crippen LogP contribution in [-0.4, -0.2) is 41.4 Å². The largest absolute Gasteiger partial charge is 0.507 e. The summed E-state index contributed by atoms with van der Waals surface area (Å²) in [5.41, 5.74) is 1.71. The summed E-state index contributed by atoms with van der Waals surface area (Å²) >= 11 is 7.95. The van der Waals surface area contributed by atoms with Crippen LogP contribution in [0.3, 0.4) is 0 Å². The van der Waals surface area contributed by atoms with Gasteiger partial charge in [0.15, 0.2) is 5.13 Å². The van der Waals surface area contributed by atoms with Gasteiger partial charge in [0.2, 0.25) is 0 Å². The van der Waals surface area contributed by atoms with Gasteiger partial charge >= 0.3 is 0 Å². The molecule has 0 amide bonds. The number of methoxy groups -OCH3 is 1. The first-order valence-electron chi connectivity index (χ1n) is 8.16. The number of pyridine rings is 1. The monoisotopic (exact) mass is 393 g/mol. The number of aromatic nitrogens is 2. The van der Waals surface area contributed by atoms with Crippen molar-refractivity contribution < 1.29 is 14.6 Å². The van der Waals surface area contributed by atoms with Crippen molar-refractivity contribution in [2.75, 3.05) is 25.6 Å². The minimum atomic E-state index is 0.0988. The highest BCUT2D eigenvalue weighted by Gasteiger charge is 2.15. The number of hydrogen-bond donors (Lipinski definition) is 2. The number of aromatic hydroxyl groups is 1. The first-order chi connectivity index (χ1) is 12.5. The summed E-state index contributed by atoms with van der Waals surface area (Å²) in [4.78, 5) is 9.12. The highest BCUT2D eigenvalue weighted by atomic mass is 35.5. The van der Waals surface area contributed by atoms with E-state index in [0.717, 1.165) is 5.13 Å². The van der Waals surface area contributed by atoms with Crippen LogP contribution in [0, 0.1) is 0 Å². The number of anilines is 1. The molecule has 0 unspecified atom stereocenters. The molecular weight excluding hydrogens is 374 g/mol. The van der Waals surface area contributed by atoms with Crippen LogP contribution in [0.4, 0.5) is 5.13 Å². The number of benzene rings is 1. The van der Waals surface area contributed by atoms with Crippen molar-refractivity contribution in [1.82, 2.24) is 9.97 Å². The van der Waals surface area contributed by atoms with Crippen LogP contribution in [-0.2, 0) is 4.74 Å². The summed E-state index contributed by atoms with van der Waals surface area (Å²) < 4.78 is 10.6. The molecule has 0 atom stereocenters. The van der Waals surface area contributed by atoms with Gasteiger partial charge < -0.3 is 19.9 Å². The van der Waals surface area contributed by atoms with Crippen LogP contribution in [0.5, 0.6) is 11.5 Å². The van der Waals surface area contributed by atoms with Gasteiger partial charge in [0.05, 0.1) is 17.8 Å². The van der Waals surface area contributed by atoms with E-state index in [-0.39, 0.29) is 11.8 Å². The van der Waals surface area contributed by atoms with Crippen molar-refractivity contribution >= 4 is 39.0 Å². The van der Waals surface area contributed by atoms with Crippen molar-refractivity contribution in [3.63, 3.8) is 0 Å². The summed E-state index contributed by atoms with van der Waals surface area (Å²) in [6.45, 7) is 4.93. The lowest BCUT2D eigenvalue weighted by Crippen LogP contribution is -2.09. The smallest absolute Gasteiger partial charge is 0.183 e. The van der Waals surface area contributed by atoms with Crippen molar-refractivity contribution in [2.24, 2.45) is 0 Å². The molecule has 138 valence electrons. The fourth-order valence-electron chi connectivity index (χ4n) is 2.40. The maximum absolute atomic E-state index is 10.4. The van der Waals surface area contributed by atoms with Crippen molar-refractivity contribution in [3.8, 4) is 22.9 Å². The van der Waals surface area contributed by atoms with Crippen LogP contribution in [0.25, 0.3) is 22.3 Å². The fourth-order valence-corrected chi connectivity index (χ4v) is 3.52. The molecule has 3 rings (SSSR count). The number of rotatable bonds is 7. The van der Waals surface area contributed by atoms with Gasteiger partial charge in [-0.3, -0.25) is 0 Å². The second-order valence-corrected chi connectivity index (χ2v) is 7.21. The van der Waals surface area contributed by atoms with Gasteiger partial charge in [-0.2, -0.15) is 0 Å². The zero-order valence-electron chi connectivity index (χ0n) is 14.7. The van der Waals surface area contributed by atoms with Gasteiger partial charge in [0.1, 0.15) is 28.8 Å². The Hall–Kier alpha value is -2.09. The molecule has 0 aliphatic rings. The second kappa shape index (κ2) is 8.07. The van der Waals surface area contributed by atoms with Gasteiger partial charge in [-0.15, -0.1) is 11.3 Å². The molecule has 0 saturated carbocycles. The summed E-state index contributed by atoms with van der Waals surface area (Å²) in [6, 6.07) is 5.34. The number of halogens is 1. The first kappa shape index (κ1) is 18.7. The van der Waals surface area contributed by atoms with Gasteiger partial charge in [-0.1, -0.05) is 11.6 Å². The highest BCUT2D eigenvalue weighted by molar-refractivity contribution is 7.14. The Morgan fingerprint density at radius 1 is 1.23 bits per heavy atom. The summed E-state index contributed by atoms with van der Waals surface area (Å²) in [5.74, 6) is 0.599. The SMILES string of the molecule is COCCOc1ccc2c(O)cc(-c3csc(NC(C)C)n3)nc2c1Cl. The molecule has 26 heavy (non-hydrogen) atoms. The van der Waals surface area contributed by atoms with Crippen LogP contribution in [0.2, 0.25) is 5.02 Å². The molecule has 2 aromatic heterocycles. The Morgan fingerprint density at radius 3 is 2.77 bits per heavy atom. The first-order valence-corrected chi connectivity index (χ1v) is 9.41. The lowest BCUT2D eigenvalue weighted by Gasteiger charge is -2.11. The lowest BCUT2D eigenvalue weighted by atomic mass is 10.1. The number of nitrogens with zero attached hydrogens (tertiary/aromatic N) is 2. The van der Waals surface area contributed by atoms with E-state index in [1.54, 1.807) is 25.3 Å². The molecule has 2 N–H and O–H groups in total. The Morgan fingerprint density at radius 2 is 2.04 bits per heavy atom. The molecule has 8 heteroatoms. The van der Waals surface area contributed by atoms with Gasteiger partial charge in [0.25, 0.3) is 0 Å². The molecule has 0 radical (unpaired) electrons. The fraction of sp³-hybridized carbons (Fsp3) is 0.333. The Balaban J connectivity index is 1.99. The molecule has 0 aliphatic heterocycles. The van der Waals surface area contributed by atoms with E-state index in [1.165, 1.54) is 11.3 Å². The van der Waals surface area contributed by atoms with E-state index >= 15 is 0 Å². The number of ether oxygens (including phenoxy) is 2. The van der Waals surface area contributed by atoms with Crippen molar-refractivity contribution in [3.05, 3.63) is 28.6 Å². The Bertz CT molecular complexity index is 914. The Kier molecular flexibility index (Phi) is 5.80. The summed E-state index contributed by atoms with van der Waals surface area (Å²) in [5, 5.41) is 17.3. The second-order valence-electron chi connectivity index (χ2n) is 5.98. The van der Waals surface area contributed by atoms with E-state index in [0.29, 0.717) is 46.3 Å². The molecule has 0 spiro atoms.